The number of nitrogens with zero attached hydrogens (tertiary/aromatic N) is 2. The number of aryl methyl sites for hydroxylation is 1. The van der Waals surface area contributed by atoms with Gasteiger partial charge in [0, 0.05) is 34.8 Å². The van der Waals surface area contributed by atoms with Crippen LogP contribution in [-0.4, -0.2) is 37.2 Å². The molecule has 150 valence electrons. The van der Waals surface area contributed by atoms with Crippen LogP contribution in [0.4, 0.5) is 5.69 Å². The Morgan fingerprint density at radius 1 is 1.17 bits per heavy atom. The molecule has 1 N–H and O–H groups in total. The van der Waals surface area contributed by atoms with Crippen LogP contribution in [0.15, 0.2) is 48.5 Å². The van der Waals surface area contributed by atoms with Crippen molar-refractivity contribution in [2.45, 2.75) is 13.5 Å². The zero-order valence-electron chi connectivity index (χ0n) is 16.2. The number of hydrogen-bond acceptors (Lipinski definition) is 5. The number of hydrogen-bond donors (Lipinski definition) is 1. The maximum absolute atomic E-state index is 12.6. The second-order valence-electron chi connectivity index (χ2n) is 6.84. The van der Waals surface area contributed by atoms with Crippen molar-refractivity contribution in [3.63, 3.8) is 0 Å². The minimum Gasteiger partial charge on any atom is -0.378 e. The number of morpholine rings is 1. The molecule has 2 aromatic carbocycles. The highest BCUT2D eigenvalue weighted by atomic mass is 35.5. The molecule has 0 unspecified atom stereocenters. The number of aromatic nitrogens is 1. The minimum atomic E-state index is -0.0920. The first kappa shape index (κ1) is 19.9. The molecule has 0 atom stereocenters. The van der Waals surface area contributed by atoms with E-state index in [1.807, 2.05) is 55.5 Å². The van der Waals surface area contributed by atoms with E-state index >= 15 is 0 Å². The van der Waals surface area contributed by atoms with Gasteiger partial charge in [-0.2, -0.15) is 0 Å². The van der Waals surface area contributed by atoms with Gasteiger partial charge in [0.15, 0.2) is 0 Å². The van der Waals surface area contributed by atoms with Crippen LogP contribution in [0.25, 0.3) is 10.6 Å². The Morgan fingerprint density at radius 3 is 2.62 bits per heavy atom. The molecule has 2 heterocycles. The number of benzene rings is 2. The number of carbonyl (C=O) groups is 1. The fourth-order valence-electron chi connectivity index (χ4n) is 3.25. The highest BCUT2D eigenvalue weighted by Crippen LogP contribution is 2.32. The normalized spacial score (nSPS) is 14.1. The Balaban J connectivity index is 1.40. The average Bonchev–Trinajstić information content (AvgIpc) is 3.13. The summed E-state index contributed by atoms with van der Waals surface area (Å²) in [4.78, 5) is 20.5. The highest BCUT2D eigenvalue weighted by molar-refractivity contribution is 7.15. The predicted octanol–water partition coefficient (Wildman–Crippen LogP) is 4.54. The number of nitrogens with one attached hydrogen (secondary N) is 1. The number of amides is 1. The van der Waals surface area contributed by atoms with E-state index in [9.17, 15) is 4.79 Å². The van der Waals surface area contributed by atoms with Crippen molar-refractivity contribution >= 4 is 34.5 Å². The van der Waals surface area contributed by atoms with Crippen LogP contribution < -0.4 is 10.2 Å². The summed E-state index contributed by atoms with van der Waals surface area (Å²) in [6, 6.07) is 15.4. The molecule has 1 aliphatic rings. The standard InChI is InChI=1S/C22H22ClN3O2S/c1-15-20(29-22(25-15)18-4-2-3-5-19(18)23)14-24-21(27)16-6-8-17(9-7-16)26-10-12-28-13-11-26/h2-9H,10-14H2,1H3,(H,24,27). The fraction of sp³-hybridized carbons (Fsp3) is 0.273. The maximum Gasteiger partial charge on any atom is 0.251 e. The molecule has 29 heavy (non-hydrogen) atoms. The summed E-state index contributed by atoms with van der Waals surface area (Å²) in [7, 11) is 0. The molecule has 5 nitrogen and oxygen atoms in total. The lowest BCUT2D eigenvalue weighted by Crippen LogP contribution is -2.36. The van der Waals surface area contributed by atoms with E-state index in [-0.39, 0.29) is 5.91 Å². The van der Waals surface area contributed by atoms with E-state index in [1.165, 1.54) is 0 Å². The lowest BCUT2D eigenvalue weighted by atomic mass is 10.1. The molecular weight excluding hydrogens is 406 g/mol. The van der Waals surface area contributed by atoms with Gasteiger partial charge in [-0.3, -0.25) is 4.79 Å². The average molecular weight is 428 g/mol. The first-order valence-corrected chi connectivity index (χ1v) is 10.7. The molecule has 4 rings (SSSR count). The fourth-order valence-corrected chi connectivity index (χ4v) is 4.57. The van der Waals surface area contributed by atoms with Gasteiger partial charge in [0.05, 0.1) is 30.5 Å². The van der Waals surface area contributed by atoms with Gasteiger partial charge < -0.3 is 15.0 Å². The molecule has 1 amide bonds. The SMILES string of the molecule is Cc1nc(-c2ccccc2Cl)sc1CNC(=O)c1ccc(N2CCOCC2)cc1. The van der Waals surface area contributed by atoms with Gasteiger partial charge in [-0.25, -0.2) is 4.98 Å². The molecule has 1 saturated heterocycles. The number of halogens is 1. The first-order chi connectivity index (χ1) is 14.1. The van der Waals surface area contributed by atoms with E-state index in [4.69, 9.17) is 16.3 Å². The van der Waals surface area contributed by atoms with Gasteiger partial charge in [-0.1, -0.05) is 29.8 Å². The molecule has 7 heteroatoms. The molecule has 0 spiro atoms. The second kappa shape index (κ2) is 8.95. The van der Waals surface area contributed by atoms with E-state index in [0.29, 0.717) is 17.1 Å². The van der Waals surface area contributed by atoms with E-state index in [2.05, 4.69) is 15.2 Å². The zero-order valence-corrected chi connectivity index (χ0v) is 17.7. The predicted molar refractivity (Wildman–Crippen MR) is 118 cm³/mol. The summed E-state index contributed by atoms with van der Waals surface area (Å²) in [6.07, 6.45) is 0. The van der Waals surface area contributed by atoms with Crippen molar-refractivity contribution in [2.75, 3.05) is 31.2 Å². The molecular formula is C22H22ClN3O2S. The monoisotopic (exact) mass is 427 g/mol. The number of anilines is 1. The Kier molecular flexibility index (Phi) is 6.13. The van der Waals surface area contributed by atoms with Gasteiger partial charge in [-0.15, -0.1) is 11.3 Å². The third kappa shape index (κ3) is 4.61. The van der Waals surface area contributed by atoms with Crippen LogP contribution in [0.3, 0.4) is 0 Å². The lowest BCUT2D eigenvalue weighted by Gasteiger charge is -2.28. The number of thiazole rings is 1. The summed E-state index contributed by atoms with van der Waals surface area (Å²) in [5, 5.41) is 4.55. The summed E-state index contributed by atoms with van der Waals surface area (Å²) in [6.45, 7) is 5.64. The Morgan fingerprint density at radius 2 is 1.90 bits per heavy atom. The van der Waals surface area contributed by atoms with Crippen LogP contribution in [0.5, 0.6) is 0 Å². The van der Waals surface area contributed by atoms with Crippen LogP contribution in [0.2, 0.25) is 5.02 Å². The number of carbonyl (C=O) groups excluding carboxylic acids is 1. The van der Waals surface area contributed by atoms with E-state index in [0.717, 1.165) is 53.1 Å². The molecule has 3 aromatic rings. The van der Waals surface area contributed by atoms with Crippen LogP contribution >= 0.6 is 22.9 Å². The van der Waals surface area contributed by atoms with Crippen molar-refractivity contribution < 1.29 is 9.53 Å². The van der Waals surface area contributed by atoms with Gasteiger partial charge >= 0.3 is 0 Å². The molecule has 1 fully saturated rings. The lowest BCUT2D eigenvalue weighted by molar-refractivity contribution is 0.0951. The molecule has 1 aromatic heterocycles. The number of rotatable bonds is 5. The Bertz CT molecular complexity index is 998. The summed E-state index contributed by atoms with van der Waals surface area (Å²) >= 11 is 7.84. The van der Waals surface area contributed by atoms with Gasteiger partial charge in [0.1, 0.15) is 5.01 Å². The van der Waals surface area contributed by atoms with Crippen molar-refractivity contribution in [2.24, 2.45) is 0 Å². The second-order valence-corrected chi connectivity index (χ2v) is 8.33. The zero-order chi connectivity index (χ0) is 20.2. The molecule has 0 bridgehead atoms. The van der Waals surface area contributed by atoms with Gasteiger partial charge in [-0.05, 0) is 37.3 Å². The minimum absolute atomic E-state index is 0.0920. The molecule has 1 aliphatic heterocycles. The molecule has 0 radical (unpaired) electrons. The van der Waals surface area contributed by atoms with Crippen LogP contribution in [-0.2, 0) is 11.3 Å². The topological polar surface area (TPSA) is 54.5 Å². The van der Waals surface area contributed by atoms with Crippen LogP contribution in [0.1, 0.15) is 20.9 Å². The molecule has 0 aliphatic carbocycles. The van der Waals surface area contributed by atoms with Gasteiger partial charge in [0.25, 0.3) is 5.91 Å². The van der Waals surface area contributed by atoms with E-state index in [1.54, 1.807) is 11.3 Å². The quantitative estimate of drug-likeness (QED) is 0.649. The van der Waals surface area contributed by atoms with Crippen molar-refractivity contribution in [1.82, 2.24) is 10.3 Å². The highest BCUT2D eigenvalue weighted by Gasteiger charge is 2.14. The van der Waals surface area contributed by atoms with E-state index < -0.39 is 0 Å². The largest absolute Gasteiger partial charge is 0.378 e. The molecule has 0 saturated carbocycles. The third-order valence-corrected chi connectivity index (χ3v) is 6.43. The number of ether oxygens (including phenoxy) is 1. The Hall–Kier alpha value is -2.41. The third-order valence-electron chi connectivity index (χ3n) is 4.91. The summed E-state index contributed by atoms with van der Waals surface area (Å²) in [5.74, 6) is -0.0920. The first-order valence-electron chi connectivity index (χ1n) is 9.54. The van der Waals surface area contributed by atoms with Crippen molar-refractivity contribution in [3.8, 4) is 10.6 Å². The van der Waals surface area contributed by atoms with Crippen molar-refractivity contribution in [3.05, 3.63) is 69.7 Å². The maximum atomic E-state index is 12.6. The Labute approximate surface area is 179 Å². The van der Waals surface area contributed by atoms with Gasteiger partial charge in [0.2, 0.25) is 0 Å². The van der Waals surface area contributed by atoms with Crippen molar-refractivity contribution in [1.29, 1.82) is 0 Å². The summed E-state index contributed by atoms with van der Waals surface area (Å²) in [5.41, 5.74) is 3.59. The van der Waals surface area contributed by atoms with Crippen LogP contribution in [0, 0.1) is 6.92 Å². The smallest absolute Gasteiger partial charge is 0.251 e. The summed E-state index contributed by atoms with van der Waals surface area (Å²) < 4.78 is 5.39.